The van der Waals surface area contributed by atoms with Crippen molar-refractivity contribution < 1.29 is 13.6 Å². The summed E-state index contributed by atoms with van der Waals surface area (Å²) in [4.78, 5) is 11.7. The summed E-state index contributed by atoms with van der Waals surface area (Å²) < 4.78 is 26.6. The fourth-order valence-electron chi connectivity index (χ4n) is 1.41. The van der Waals surface area contributed by atoms with Gasteiger partial charge >= 0.3 is 5.56 Å². The molecule has 19 heavy (non-hydrogen) atoms. The van der Waals surface area contributed by atoms with E-state index < -0.39 is 15.6 Å². The highest BCUT2D eigenvalue weighted by Crippen LogP contribution is 2.29. The molecule has 0 radical (unpaired) electrons. The second-order valence-electron chi connectivity index (χ2n) is 3.57. The summed E-state index contributed by atoms with van der Waals surface area (Å²) >= 11 is 4.23. The molecule has 6 nitrogen and oxygen atoms in total. The van der Waals surface area contributed by atoms with Crippen molar-refractivity contribution in [3.63, 3.8) is 0 Å². The Morgan fingerprint density at radius 2 is 2.05 bits per heavy atom. The summed E-state index contributed by atoms with van der Waals surface area (Å²) in [5.41, 5.74) is -0.932. The van der Waals surface area contributed by atoms with Gasteiger partial charge in [-0.25, -0.2) is 8.42 Å². The van der Waals surface area contributed by atoms with Gasteiger partial charge in [0.05, 0.1) is 3.79 Å². The highest BCUT2D eigenvalue weighted by Gasteiger charge is 2.25. The van der Waals surface area contributed by atoms with Gasteiger partial charge in [0.25, 0.3) is 10.0 Å². The van der Waals surface area contributed by atoms with Crippen molar-refractivity contribution in [1.82, 2.24) is 4.73 Å². The van der Waals surface area contributed by atoms with Crippen LogP contribution in [0.15, 0.2) is 43.3 Å². The van der Waals surface area contributed by atoms with Crippen LogP contribution >= 0.6 is 27.3 Å². The Bertz CT molecular complexity index is 766. The molecule has 0 amide bonds. The first-order chi connectivity index (χ1) is 8.84. The van der Waals surface area contributed by atoms with Crippen LogP contribution in [0.2, 0.25) is 0 Å². The number of hydrogen-bond donors (Lipinski definition) is 1. The van der Waals surface area contributed by atoms with Gasteiger partial charge in [0.15, 0.2) is 0 Å². The lowest BCUT2D eigenvalue weighted by Crippen LogP contribution is -2.32. The van der Waals surface area contributed by atoms with E-state index in [4.69, 9.17) is 0 Å². The minimum atomic E-state index is -3.81. The second-order valence-corrected chi connectivity index (χ2v) is 8.23. The lowest BCUT2D eigenvalue weighted by molar-refractivity contribution is 0.175. The van der Waals surface area contributed by atoms with E-state index >= 15 is 0 Å². The van der Waals surface area contributed by atoms with Crippen molar-refractivity contribution in [2.75, 3.05) is 11.4 Å². The standard InChI is InChI=1S/C10H9BrN2O4S2/c1-12(7-3-2-6-13(15)10(7)14)19(16,17)9-5-4-8(11)18-9/h2-6,15H,1H3. The molecule has 2 aromatic heterocycles. The van der Waals surface area contributed by atoms with Gasteiger partial charge in [-0.15, -0.1) is 11.3 Å². The van der Waals surface area contributed by atoms with Gasteiger partial charge < -0.3 is 5.21 Å². The van der Waals surface area contributed by atoms with E-state index in [1.165, 1.54) is 25.2 Å². The predicted molar refractivity (Wildman–Crippen MR) is 75.5 cm³/mol. The molecule has 0 saturated carbocycles. The lowest BCUT2D eigenvalue weighted by atomic mass is 10.4. The normalized spacial score (nSPS) is 11.5. The molecule has 0 aliphatic heterocycles. The largest absolute Gasteiger partial charge is 0.425 e. The van der Waals surface area contributed by atoms with Crippen LogP contribution in [0.4, 0.5) is 5.69 Å². The third kappa shape index (κ3) is 2.53. The van der Waals surface area contributed by atoms with Gasteiger partial charge in [-0.3, -0.25) is 9.10 Å². The Kier molecular flexibility index (Phi) is 3.70. The van der Waals surface area contributed by atoms with Gasteiger partial charge in [0, 0.05) is 13.2 Å². The zero-order valence-electron chi connectivity index (χ0n) is 9.65. The summed E-state index contributed by atoms with van der Waals surface area (Å²) in [5, 5.41) is 9.27. The van der Waals surface area contributed by atoms with Crippen LogP contribution in [0.1, 0.15) is 0 Å². The van der Waals surface area contributed by atoms with E-state index in [2.05, 4.69) is 15.9 Å². The zero-order chi connectivity index (χ0) is 14.2. The first kappa shape index (κ1) is 14.1. The molecule has 9 heteroatoms. The van der Waals surface area contributed by atoms with Crippen LogP contribution in [0.5, 0.6) is 0 Å². The maximum absolute atomic E-state index is 12.3. The summed E-state index contributed by atoms with van der Waals surface area (Å²) in [6.45, 7) is 0. The maximum Gasteiger partial charge on any atom is 0.307 e. The number of pyridine rings is 1. The molecule has 0 aliphatic carbocycles. The van der Waals surface area contributed by atoms with E-state index in [-0.39, 0.29) is 9.90 Å². The van der Waals surface area contributed by atoms with E-state index in [9.17, 15) is 18.4 Å². The van der Waals surface area contributed by atoms with Crippen LogP contribution in [0, 0.1) is 0 Å². The zero-order valence-corrected chi connectivity index (χ0v) is 12.9. The molecule has 0 saturated heterocycles. The second kappa shape index (κ2) is 4.99. The molecule has 2 aromatic rings. The molecule has 0 aromatic carbocycles. The monoisotopic (exact) mass is 364 g/mol. The van der Waals surface area contributed by atoms with Crippen molar-refractivity contribution in [2.24, 2.45) is 0 Å². The molecule has 2 rings (SSSR count). The fraction of sp³-hybridized carbons (Fsp3) is 0.100. The van der Waals surface area contributed by atoms with Crippen molar-refractivity contribution >= 4 is 43.0 Å². The number of hydrogen-bond acceptors (Lipinski definition) is 5. The number of halogens is 1. The third-order valence-electron chi connectivity index (χ3n) is 2.41. The van der Waals surface area contributed by atoms with Gasteiger partial charge in [-0.1, -0.05) is 0 Å². The van der Waals surface area contributed by atoms with Crippen molar-refractivity contribution in [1.29, 1.82) is 0 Å². The molecule has 0 unspecified atom stereocenters. The van der Waals surface area contributed by atoms with E-state index in [1.807, 2.05) is 0 Å². The molecular formula is C10H9BrN2O4S2. The number of anilines is 1. The highest BCUT2D eigenvalue weighted by molar-refractivity contribution is 9.11. The van der Waals surface area contributed by atoms with Crippen molar-refractivity contribution in [3.8, 4) is 0 Å². The van der Waals surface area contributed by atoms with Crippen LogP contribution < -0.4 is 9.86 Å². The van der Waals surface area contributed by atoms with Gasteiger partial charge in [0.1, 0.15) is 9.90 Å². The van der Waals surface area contributed by atoms with Crippen molar-refractivity contribution in [2.45, 2.75) is 4.21 Å². The molecule has 0 fully saturated rings. The summed E-state index contributed by atoms with van der Waals surface area (Å²) in [7, 11) is -2.55. The Morgan fingerprint density at radius 1 is 1.37 bits per heavy atom. The minimum absolute atomic E-state index is 0.106. The van der Waals surface area contributed by atoms with Crippen molar-refractivity contribution in [3.05, 3.63) is 44.6 Å². The van der Waals surface area contributed by atoms with E-state index in [1.54, 1.807) is 6.07 Å². The lowest BCUT2D eigenvalue weighted by Gasteiger charge is -2.17. The molecule has 102 valence electrons. The maximum atomic E-state index is 12.3. The van der Waals surface area contributed by atoms with E-state index in [0.717, 1.165) is 21.8 Å². The number of rotatable bonds is 3. The van der Waals surface area contributed by atoms with Crippen LogP contribution in [-0.2, 0) is 10.0 Å². The fourth-order valence-corrected chi connectivity index (χ4v) is 4.79. The van der Waals surface area contributed by atoms with Gasteiger partial charge in [-0.05, 0) is 40.2 Å². The molecular weight excluding hydrogens is 356 g/mol. The summed E-state index contributed by atoms with van der Waals surface area (Å²) in [6, 6.07) is 5.77. The topological polar surface area (TPSA) is 79.6 Å². The quantitative estimate of drug-likeness (QED) is 0.841. The Labute approximate surface area is 121 Å². The first-order valence-electron chi connectivity index (χ1n) is 4.99. The van der Waals surface area contributed by atoms with Crippen LogP contribution in [-0.4, -0.2) is 25.4 Å². The number of thiophene rings is 1. The smallest absolute Gasteiger partial charge is 0.307 e. The average molecular weight is 365 g/mol. The number of nitrogens with zero attached hydrogens (tertiary/aromatic N) is 2. The van der Waals surface area contributed by atoms with Crippen LogP contribution in [0.25, 0.3) is 0 Å². The minimum Gasteiger partial charge on any atom is -0.425 e. The Balaban J connectivity index is 2.53. The van der Waals surface area contributed by atoms with Gasteiger partial charge in [0.2, 0.25) is 0 Å². The molecule has 0 spiro atoms. The highest BCUT2D eigenvalue weighted by atomic mass is 79.9. The molecule has 0 bridgehead atoms. The average Bonchev–Trinajstić information content (AvgIpc) is 2.79. The number of aromatic nitrogens is 1. The molecule has 0 aliphatic rings. The Hall–Kier alpha value is -1.32. The molecule has 1 N–H and O–H groups in total. The van der Waals surface area contributed by atoms with Gasteiger partial charge in [-0.2, -0.15) is 4.73 Å². The van der Waals surface area contributed by atoms with Crippen LogP contribution in [0.3, 0.4) is 0 Å². The number of sulfonamides is 1. The summed E-state index contributed by atoms with van der Waals surface area (Å²) in [6.07, 6.45) is 1.13. The third-order valence-corrected chi connectivity index (χ3v) is 6.27. The predicted octanol–water partition coefficient (Wildman–Crippen LogP) is 1.73. The summed E-state index contributed by atoms with van der Waals surface area (Å²) in [5.74, 6) is 0. The molecule has 0 atom stereocenters. The SMILES string of the molecule is CN(c1cccn(O)c1=O)S(=O)(=O)c1ccc(Br)s1. The Morgan fingerprint density at radius 3 is 2.63 bits per heavy atom. The first-order valence-corrected chi connectivity index (χ1v) is 8.04. The molecule has 2 heterocycles. The van der Waals surface area contributed by atoms with E-state index in [0.29, 0.717) is 8.52 Å².